The van der Waals surface area contributed by atoms with Crippen LogP contribution in [-0.2, 0) is 10.0 Å². The minimum atomic E-state index is -3.54. The third kappa shape index (κ3) is 3.04. The van der Waals surface area contributed by atoms with Crippen molar-refractivity contribution in [2.24, 2.45) is 0 Å². The summed E-state index contributed by atoms with van der Waals surface area (Å²) in [5, 5.41) is 1.97. The van der Waals surface area contributed by atoms with Crippen LogP contribution in [0.2, 0.25) is 0 Å². The molecule has 0 N–H and O–H groups in total. The van der Waals surface area contributed by atoms with Crippen molar-refractivity contribution in [3.63, 3.8) is 0 Å². The van der Waals surface area contributed by atoms with Crippen LogP contribution in [0, 0.1) is 0 Å². The van der Waals surface area contributed by atoms with E-state index in [1.54, 1.807) is 16.4 Å². The Kier molecular flexibility index (Phi) is 4.41. The highest BCUT2D eigenvalue weighted by atomic mass is 32.2. The molecule has 0 amide bonds. The van der Waals surface area contributed by atoms with Crippen molar-refractivity contribution in [3.05, 3.63) is 85.1 Å². The second-order valence-electron chi connectivity index (χ2n) is 8.09. The number of hydrogen-bond donors (Lipinski definition) is 0. The number of piperazine rings is 1. The van der Waals surface area contributed by atoms with E-state index in [2.05, 4.69) is 21.4 Å². The SMILES string of the molecule is O=S(=O)(c1ccc2ccccc2c1)N1CCN(c2nc3ccccc3n3cccc23)CC1. The van der Waals surface area contributed by atoms with Crippen molar-refractivity contribution >= 4 is 43.2 Å². The largest absolute Gasteiger partial charge is 0.352 e. The van der Waals surface area contributed by atoms with Crippen LogP contribution in [0.1, 0.15) is 0 Å². The fourth-order valence-electron chi connectivity index (χ4n) is 4.56. The number of fused-ring (bicyclic) bond motifs is 4. The number of para-hydroxylation sites is 2. The lowest BCUT2D eigenvalue weighted by Gasteiger charge is -2.35. The van der Waals surface area contributed by atoms with Gasteiger partial charge in [0.15, 0.2) is 5.82 Å². The van der Waals surface area contributed by atoms with Crippen LogP contribution < -0.4 is 4.90 Å². The van der Waals surface area contributed by atoms with Crippen LogP contribution >= 0.6 is 0 Å². The van der Waals surface area contributed by atoms with Crippen molar-refractivity contribution in [1.29, 1.82) is 0 Å². The average Bonchev–Trinajstić information content (AvgIpc) is 3.34. The van der Waals surface area contributed by atoms with Crippen LogP contribution in [0.15, 0.2) is 90.0 Å². The Morgan fingerprint density at radius 2 is 1.44 bits per heavy atom. The number of nitrogens with zero attached hydrogens (tertiary/aromatic N) is 4. The zero-order valence-corrected chi connectivity index (χ0v) is 18.2. The van der Waals surface area contributed by atoms with E-state index in [1.807, 2.05) is 60.8 Å². The Morgan fingerprint density at radius 3 is 2.28 bits per heavy atom. The second kappa shape index (κ2) is 7.32. The molecule has 0 radical (unpaired) electrons. The quantitative estimate of drug-likeness (QED) is 0.421. The number of benzene rings is 3. The van der Waals surface area contributed by atoms with Gasteiger partial charge in [-0.2, -0.15) is 4.31 Å². The maximum absolute atomic E-state index is 13.3. The summed E-state index contributed by atoms with van der Waals surface area (Å²) in [5.41, 5.74) is 3.03. The summed E-state index contributed by atoms with van der Waals surface area (Å²) in [7, 11) is -3.54. The number of aromatic nitrogens is 2. The molecule has 6 rings (SSSR count). The Bertz CT molecular complexity index is 1570. The van der Waals surface area contributed by atoms with E-state index in [0.29, 0.717) is 31.1 Å². The molecule has 7 heteroatoms. The molecule has 3 heterocycles. The van der Waals surface area contributed by atoms with Gasteiger partial charge in [0.2, 0.25) is 10.0 Å². The molecule has 5 aromatic rings. The zero-order valence-electron chi connectivity index (χ0n) is 17.4. The maximum atomic E-state index is 13.3. The Labute approximate surface area is 186 Å². The third-order valence-electron chi connectivity index (χ3n) is 6.24. The minimum absolute atomic E-state index is 0.350. The van der Waals surface area contributed by atoms with Gasteiger partial charge < -0.3 is 9.30 Å². The molecule has 1 aliphatic heterocycles. The fraction of sp³-hybridized carbons (Fsp3) is 0.160. The molecule has 0 unspecified atom stereocenters. The van der Waals surface area contributed by atoms with E-state index in [9.17, 15) is 8.42 Å². The monoisotopic (exact) mass is 442 g/mol. The molecule has 6 nitrogen and oxygen atoms in total. The van der Waals surface area contributed by atoms with Gasteiger partial charge in [-0.25, -0.2) is 13.4 Å². The summed E-state index contributed by atoms with van der Waals surface area (Å²) < 4.78 is 30.4. The van der Waals surface area contributed by atoms with E-state index in [-0.39, 0.29) is 0 Å². The van der Waals surface area contributed by atoms with Crippen LogP contribution in [0.25, 0.3) is 27.3 Å². The lowest BCUT2D eigenvalue weighted by molar-refractivity contribution is 0.384. The van der Waals surface area contributed by atoms with Crippen molar-refractivity contribution < 1.29 is 8.42 Å². The number of sulfonamides is 1. The molecule has 2 aromatic heterocycles. The van der Waals surface area contributed by atoms with Crippen molar-refractivity contribution in [2.75, 3.05) is 31.1 Å². The van der Waals surface area contributed by atoms with E-state index in [4.69, 9.17) is 4.98 Å². The van der Waals surface area contributed by atoms with E-state index >= 15 is 0 Å². The minimum Gasteiger partial charge on any atom is -0.352 e. The van der Waals surface area contributed by atoms with Gasteiger partial charge in [0, 0.05) is 32.4 Å². The molecule has 1 saturated heterocycles. The normalized spacial score (nSPS) is 15.7. The number of hydrogen-bond acceptors (Lipinski definition) is 4. The van der Waals surface area contributed by atoms with Crippen LogP contribution in [0.5, 0.6) is 0 Å². The molecule has 1 fully saturated rings. The molecule has 32 heavy (non-hydrogen) atoms. The fourth-order valence-corrected chi connectivity index (χ4v) is 6.01. The van der Waals surface area contributed by atoms with Crippen molar-refractivity contribution in [1.82, 2.24) is 13.7 Å². The molecule has 160 valence electrons. The lowest BCUT2D eigenvalue weighted by Crippen LogP contribution is -2.49. The predicted molar refractivity (Wildman–Crippen MR) is 128 cm³/mol. The van der Waals surface area contributed by atoms with Crippen LogP contribution in [0.3, 0.4) is 0 Å². The second-order valence-corrected chi connectivity index (χ2v) is 10.0. The molecule has 0 aliphatic carbocycles. The summed E-state index contributed by atoms with van der Waals surface area (Å²) in [6.07, 6.45) is 2.04. The molecule has 0 bridgehead atoms. The molecule has 1 aliphatic rings. The zero-order chi connectivity index (χ0) is 21.7. The highest BCUT2D eigenvalue weighted by molar-refractivity contribution is 7.89. The van der Waals surface area contributed by atoms with Crippen LogP contribution in [-0.4, -0.2) is 48.3 Å². The summed E-state index contributed by atoms with van der Waals surface area (Å²) in [4.78, 5) is 7.45. The third-order valence-corrected chi connectivity index (χ3v) is 8.14. The first-order valence-electron chi connectivity index (χ1n) is 10.7. The van der Waals surface area contributed by atoms with Gasteiger partial charge in [-0.05, 0) is 47.2 Å². The molecule has 0 atom stereocenters. The topological polar surface area (TPSA) is 57.9 Å². The Balaban J connectivity index is 1.29. The lowest BCUT2D eigenvalue weighted by atomic mass is 10.1. The standard InChI is InChI=1S/C25H22N4O2S/c30-32(31,21-12-11-19-6-1-2-7-20(19)18-21)28-16-14-27(15-17-28)25-24-10-5-13-29(24)23-9-4-3-8-22(23)26-25/h1-13,18H,14-17H2. The number of rotatable bonds is 3. The van der Waals surface area contributed by atoms with E-state index in [0.717, 1.165) is 33.1 Å². The van der Waals surface area contributed by atoms with Gasteiger partial charge in [-0.15, -0.1) is 0 Å². The van der Waals surface area contributed by atoms with Gasteiger partial charge >= 0.3 is 0 Å². The smallest absolute Gasteiger partial charge is 0.243 e. The average molecular weight is 443 g/mol. The summed E-state index contributed by atoms with van der Waals surface area (Å²) in [6.45, 7) is 2.05. The summed E-state index contributed by atoms with van der Waals surface area (Å²) >= 11 is 0. The Morgan fingerprint density at radius 1 is 0.719 bits per heavy atom. The van der Waals surface area contributed by atoms with Gasteiger partial charge in [0.25, 0.3) is 0 Å². The molecular weight excluding hydrogens is 420 g/mol. The first-order valence-corrected chi connectivity index (χ1v) is 12.1. The molecule has 0 spiro atoms. The summed E-state index contributed by atoms with van der Waals surface area (Å²) in [5.74, 6) is 0.899. The van der Waals surface area contributed by atoms with Gasteiger partial charge in [0.1, 0.15) is 0 Å². The maximum Gasteiger partial charge on any atom is 0.243 e. The highest BCUT2D eigenvalue weighted by Gasteiger charge is 2.30. The van der Waals surface area contributed by atoms with Crippen LogP contribution in [0.4, 0.5) is 5.82 Å². The van der Waals surface area contributed by atoms with Gasteiger partial charge in [-0.1, -0.05) is 42.5 Å². The Hall–Kier alpha value is -3.42. The number of anilines is 1. The molecular formula is C25H22N4O2S. The highest BCUT2D eigenvalue weighted by Crippen LogP contribution is 2.28. The van der Waals surface area contributed by atoms with E-state index in [1.165, 1.54) is 0 Å². The van der Waals surface area contributed by atoms with Crippen molar-refractivity contribution in [2.45, 2.75) is 4.90 Å². The van der Waals surface area contributed by atoms with E-state index < -0.39 is 10.0 Å². The van der Waals surface area contributed by atoms with Gasteiger partial charge in [-0.3, -0.25) is 0 Å². The predicted octanol–water partition coefficient (Wildman–Crippen LogP) is 4.15. The summed E-state index contributed by atoms with van der Waals surface area (Å²) in [6, 6.07) is 25.3. The molecule has 0 saturated carbocycles. The first-order chi connectivity index (χ1) is 15.6. The van der Waals surface area contributed by atoms with Crippen molar-refractivity contribution in [3.8, 4) is 0 Å². The molecule has 3 aromatic carbocycles. The van der Waals surface area contributed by atoms with Gasteiger partial charge in [0.05, 0.1) is 21.4 Å². The first kappa shape index (κ1) is 19.3.